The molecule has 0 aromatic carbocycles. The summed E-state index contributed by atoms with van der Waals surface area (Å²) in [5, 5.41) is 0. The largest absolute Gasteiger partial charge is 0.274 e. The zero-order valence-corrected chi connectivity index (χ0v) is 4.85. The molecule has 0 bridgehead atoms. The van der Waals surface area contributed by atoms with Gasteiger partial charge in [-0.1, -0.05) is 26.2 Å². The SMILES string of the molecule is CCC1CC1.NN. The second kappa shape index (κ2) is 4.09. The lowest BCUT2D eigenvalue weighted by molar-refractivity contribution is 0.799. The number of hydrazine groups is 1. The molecule has 0 aliphatic heterocycles. The standard InChI is InChI=1S/C5H10.H4N2/c1-2-5-3-4-5;1-2/h5H,2-4H2,1H3;1-2H2. The summed E-state index contributed by atoms with van der Waals surface area (Å²) < 4.78 is 0. The van der Waals surface area contributed by atoms with E-state index in [1.54, 1.807) is 0 Å². The van der Waals surface area contributed by atoms with Gasteiger partial charge in [0, 0.05) is 0 Å². The van der Waals surface area contributed by atoms with Crippen molar-refractivity contribution in [3.8, 4) is 0 Å². The maximum atomic E-state index is 4.00. The highest BCUT2D eigenvalue weighted by atomic mass is 15.0. The number of hydrogen-bond acceptors (Lipinski definition) is 2. The predicted octanol–water partition coefficient (Wildman–Crippen LogP) is 0.625. The molecule has 1 fully saturated rings. The van der Waals surface area contributed by atoms with E-state index in [9.17, 15) is 0 Å². The minimum Gasteiger partial charge on any atom is -0.274 e. The van der Waals surface area contributed by atoms with E-state index in [1.807, 2.05) is 0 Å². The van der Waals surface area contributed by atoms with Crippen molar-refractivity contribution in [3.05, 3.63) is 0 Å². The van der Waals surface area contributed by atoms with Crippen LogP contribution < -0.4 is 11.7 Å². The molecule has 1 aliphatic rings. The lowest BCUT2D eigenvalue weighted by atomic mass is 10.3. The molecule has 0 unspecified atom stereocenters. The molecule has 2 heteroatoms. The van der Waals surface area contributed by atoms with Gasteiger partial charge in [0.15, 0.2) is 0 Å². The molecule has 1 saturated carbocycles. The Labute approximate surface area is 44.8 Å². The van der Waals surface area contributed by atoms with E-state index < -0.39 is 0 Å². The van der Waals surface area contributed by atoms with Crippen LogP contribution in [-0.4, -0.2) is 0 Å². The summed E-state index contributed by atoms with van der Waals surface area (Å²) in [7, 11) is 0. The van der Waals surface area contributed by atoms with Gasteiger partial charge in [0.2, 0.25) is 0 Å². The first-order valence-corrected chi connectivity index (χ1v) is 2.77. The van der Waals surface area contributed by atoms with Crippen molar-refractivity contribution < 1.29 is 0 Å². The Bertz CT molecular complexity index is 33.1. The normalized spacial score (nSPS) is 17.6. The third kappa shape index (κ3) is 3.76. The van der Waals surface area contributed by atoms with Gasteiger partial charge in [-0.05, 0) is 5.92 Å². The molecule has 0 atom stereocenters. The van der Waals surface area contributed by atoms with Gasteiger partial charge < -0.3 is 0 Å². The Morgan fingerprint density at radius 2 is 1.86 bits per heavy atom. The van der Waals surface area contributed by atoms with Gasteiger partial charge in [-0.2, -0.15) is 0 Å². The second-order valence-electron chi connectivity index (χ2n) is 1.85. The average molecular weight is 102 g/mol. The summed E-state index contributed by atoms with van der Waals surface area (Å²) in [4.78, 5) is 0. The lowest BCUT2D eigenvalue weighted by Gasteiger charge is -1.72. The quantitative estimate of drug-likeness (QED) is 0.377. The molecular weight excluding hydrogens is 88.1 g/mol. The first kappa shape index (κ1) is 6.92. The van der Waals surface area contributed by atoms with Crippen LogP contribution in [0.2, 0.25) is 0 Å². The van der Waals surface area contributed by atoms with Crippen LogP contribution in [0.25, 0.3) is 0 Å². The fraction of sp³-hybridized carbons (Fsp3) is 1.00. The topological polar surface area (TPSA) is 52.0 Å². The van der Waals surface area contributed by atoms with Gasteiger partial charge in [-0.3, -0.25) is 11.7 Å². The van der Waals surface area contributed by atoms with E-state index in [0.717, 1.165) is 5.92 Å². The lowest BCUT2D eigenvalue weighted by Crippen LogP contribution is -2.02. The van der Waals surface area contributed by atoms with Gasteiger partial charge in [0.1, 0.15) is 0 Å². The number of rotatable bonds is 1. The summed E-state index contributed by atoms with van der Waals surface area (Å²) in [5.74, 6) is 9.13. The molecule has 1 aliphatic carbocycles. The summed E-state index contributed by atoms with van der Waals surface area (Å²) in [6.07, 6.45) is 4.44. The van der Waals surface area contributed by atoms with Crippen molar-refractivity contribution in [1.82, 2.24) is 0 Å². The minimum absolute atomic E-state index is 1.13. The van der Waals surface area contributed by atoms with Crippen LogP contribution in [0.3, 0.4) is 0 Å². The zero-order valence-electron chi connectivity index (χ0n) is 4.85. The third-order valence-corrected chi connectivity index (χ3v) is 1.27. The molecule has 0 heterocycles. The number of hydrogen-bond donors (Lipinski definition) is 2. The highest BCUT2D eigenvalue weighted by molar-refractivity contribution is 4.69. The third-order valence-electron chi connectivity index (χ3n) is 1.27. The number of nitrogens with two attached hydrogens (primary N) is 2. The van der Waals surface area contributed by atoms with Crippen LogP contribution >= 0.6 is 0 Å². The van der Waals surface area contributed by atoms with Crippen molar-refractivity contribution in [2.75, 3.05) is 0 Å². The Morgan fingerprint density at radius 1 is 1.43 bits per heavy atom. The van der Waals surface area contributed by atoms with Gasteiger partial charge >= 0.3 is 0 Å². The van der Waals surface area contributed by atoms with Gasteiger partial charge in [0.05, 0.1) is 0 Å². The summed E-state index contributed by atoms with van der Waals surface area (Å²) in [5.41, 5.74) is 0. The van der Waals surface area contributed by atoms with Crippen LogP contribution in [0.4, 0.5) is 0 Å². The van der Waals surface area contributed by atoms with Crippen molar-refractivity contribution in [2.45, 2.75) is 26.2 Å². The van der Waals surface area contributed by atoms with E-state index in [4.69, 9.17) is 0 Å². The molecule has 2 nitrogen and oxygen atoms in total. The van der Waals surface area contributed by atoms with Crippen molar-refractivity contribution in [1.29, 1.82) is 0 Å². The van der Waals surface area contributed by atoms with Gasteiger partial charge in [0.25, 0.3) is 0 Å². The molecule has 44 valence electrons. The maximum Gasteiger partial charge on any atom is -0.0417 e. The highest BCUT2D eigenvalue weighted by Crippen LogP contribution is 2.31. The Hall–Kier alpha value is -0.0800. The van der Waals surface area contributed by atoms with E-state index in [0.29, 0.717) is 0 Å². The van der Waals surface area contributed by atoms with Crippen LogP contribution in [0.15, 0.2) is 0 Å². The monoisotopic (exact) mass is 102 g/mol. The first-order chi connectivity index (χ1) is 3.43. The Kier molecular flexibility index (Phi) is 4.04. The van der Waals surface area contributed by atoms with Crippen molar-refractivity contribution in [2.24, 2.45) is 17.6 Å². The van der Waals surface area contributed by atoms with Crippen molar-refractivity contribution >= 4 is 0 Å². The molecule has 0 saturated heterocycles. The molecule has 7 heavy (non-hydrogen) atoms. The van der Waals surface area contributed by atoms with Crippen LogP contribution in [0.1, 0.15) is 26.2 Å². The van der Waals surface area contributed by atoms with E-state index in [2.05, 4.69) is 18.6 Å². The molecule has 0 aromatic heterocycles. The van der Waals surface area contributed by atoms with Gasteiger partial charge in [-0.15, -0.1) is 0 Å². The van der Waals surface area contributed by atoms with Crippen LogP contribution in [0, 0.1) is 5.92 Å². The maximum absolute atomic E-state index is 4.00. The average Bonchev–Trinajstić information content (AvgIpc) is 2.52. The molecule has 1 rings (SSSR count). The Morgan fingerprint density at radius 3 is 1.86 bits per heavy atom. The molecular formula is C5H14N2. The highest BCUT2D eigenvalue weighted by Gasteiger charge is 2.17. The predicted molar refractivity (Wildman–Crippen MR) is 31.4 cm³/mol. The Balaban J connectivity index is 0.000000162. The fourth-order valence-corrected chi connectivity index (χ4v) is 0.526. The fourth-order valence-electron chi connectivity index (χ4n) is 0.526. The zero-order chi connectivity index (χ0) is 5.70. The molecule has 4 N–H and O–H groups in total. The molecule has 0 amide bonds. The molecule has 0 aromatic rings. The van der Waals surface area contributed by atoms with E-state index in [-0.39, 0.29) is 0 Å². The van der Waals surface area contributed by atoms with E-state index in [1.165, 1.54) is 19.3 Å². The smallest absolute Gasteiger partial charge is 0.0417 e. The summed E-state index contributed by atoms with van der Waals surface area (Å²) in [6, 6.07) is 0. The van der Waals surface area contributed by atoms with E-state index >= 15 is 0 Å². The minimum atomic E-state index is 1.13. The summed E-state index contributed by atoms with van der Waals surface area (Å²) in [6.45, 7) is 2.26. The van der Waals surface area contributed by atoms with Crippen LogP contribution in [-0.2, 0) is 0 Å². The van der Waals surface area contributed by atoms with Gasteiger partial charge in [-0.25, -0.2) is 0 Å². The van der Waals surface area contributed by atoms with Crippen molar-refractivity contribution in [3.63, 3.8) is 0 Å². The molecule has 0 radical (unpaired) electrons. The first-order valence-electron chi connectivity index (χ1n) is 2.77. The molecule has 0 spiro atoms. The summed E-state index contributed by atoms with van der Waals surface area (Å²) >= 11 is 0. The van der Waals surface area contributed by atoms with Crippen LogP contribution in [0.5, 0.6) is 0 Å². The second-order valence-corrected chi connectivity index (χ2v) is 1.85.